The van der Waals surface area contributed by atoms with E-state index in [0.717, 1.165) is 5.69 Å². The predicted octanol–water partition coefficient (Wildman–Crippen LogP) is 1.19. The second-order valence-corrected chi connectivity index (χ2v) is 1.40. The maximum Gasteiger partial charge on any atom is 0 e. The molecular formula is C6H6NY-. The molecule has 0 bridgehead atoms. The van der Waals surface area contributed by atoms with Crippen LogP contribution in [0.2, 0.25) is 0 Å². The Kier molecular flexibility index (Phi) is 4.30. The molecule has 1 nitrogen and oxygen atoms in total. The average molecular weight is 181 g/mol. The SMILES string of the molecule is Cc1c[c-]ccn1.[Y]. The summed E-state index contributed by atoms with van der Waals surface area (Å²) in [6.45, 7) is 1.94. The third-order valence-corrected chi connectivity index (χ3v) is 0.741. The van der Waals surface area contributed by atoms with Crippen molar-refractivity contribution >= 4 is 0 Å². The summed E-state index contributed by atoms with van der Waals surface area (Å²) < 4.78 is 0. The maximum absolute atomic E-state index is 3.95. The molecule has 0 fully saturated rings. The fourth-order valence-corrected chi connectivity index (χ4v) is 0.404. The van der Waals surface area contributed by atoms with E-state index in [-0.39, 0.29) is 32.7 Å². The first-order chi connectivity index (χ1) is 3.39. The smallest absolute Gasteiger partial charge is 0 e. The summed E-state index contributed by atoms with van der Waals surface area (Å²) in [5.74, 6) is 0. The normalized spacial score (nSPS) is 7.62. The van der Waals surface area contributed by atoms with Crippen LogP contribution in [0.3, 0.4) is 0 Å². The number of nitrogens with zero attached hydrogens (tertiary/aromatic N) is 1. The summed E-state index contributed by atoms with van der Waals surface area (Å²) in [6, 6.07) is 6.53. The molecule has 0 saturated carbocycles. The molecule has 0 unspecified atom stereocenters. The number of pyridine rings is 1. The Bertz CT molecular complexity index is 138. The maximum atomic E-state index is 3.95. The van der Waals surface area contributed by atoms with Gasteiger partial charge in [0, 0.05) is 32.7 Å². The summed E-state index contributed by atoms with van der Waals surface area (Å²) in [5.41, 5.74) is 1.02. The molecule has 0 aromatic carbocycles. The van der Waals surface area contributed by atoms with Crippen LogP contribution >= 0.6 is 0 Å². The summed E-state index contributed by atoms with van der Waals surface area (Å²) in [7, 11) is 0. The molecule has 0 atom stereocenters. The van der Waals surface area contributed by atoms with Gasteiger partial charge in [0.25, 0.3) is 0 Å². The Hall–Kier alpha value is 0.254. The van der Waals surface area contributed by atoms with Gasteiger partial charge in [0.05, 0.1) is 0 Å². The van der Waals surface area contributed by atoms with E-state index in [9.17, 15) is 0 Å². The zero-order valence-corrected chi connectivity index (χ0v) is 7.59. The zero-order chi connectivity index (χ0) is 5.11. The van der Waals surface area contributed by atoms with Crippen molar-refractivity contribution in [3.63, 3.8) is 0 Å². The Labute approximate surface area is 74.4 Å². The van der Waals surface area contributed by atoms with Crippen molar-refractivity contribution in [3.05, 3.63) is 30.1 Å². The van der Waals surface area contributed by atoms with Gasteiger partial charge in [-0.3, -0.25) is 0 Å². The van der Waals surface area contributed by atoms with Gasteiger partial charge >= 0.3 is 0 Å². The number of aryl methyl sites for hydroxylation is 1. The standard InChI is InChI=1S/C6H6N.Y/c1-6-4-2-3-5-7-6;/h3-5H,1H3;/q-1;. The third kappa shape index (κ3) is 2.53. The van der Waals surface area contributed by atoms with E-state index < -0.39 is 0 Å². The molecular weight excluding hydrogens is 175 g/mol. The molecule has 0 aliphatic heterocycles. The molecule has 1 radical (unpaired) electrons. The summed E-state index contributed by atoms with van der Waals surface area (Å²) in [4.78, 5) is 3.95. The van der Waals surface area contributed by atoms with Crippen molar-refractivity contribution in [2.24, 2.45) is 0 Å². The quantitative estimate of drug-likeness (QED) is 0.547. The summed E-state index contributed by atoms with van der Waals surface area (Å²) in [6.07, 6.45) is 1.73. The van der Waals surface area contributed by atoms with E-state index in [1.54, 1.807) is 12.3 Å². The Balaban J connectivity index is 0.000000490. The van der Waals surface area contributed by atoms with Crippen molar-refractivity contribution in [2.45, 2.75) is 6.92 Å². The molecule has 0 aliphatic rings. The first-order valence-corrected chi connectivity index (χ1v) is 2.18. The monoisotopic (exact) mass is 181 g/mol. The predicted molar refractivity (Wildman–Crippen MR) is 27.8 cm³/mol. The van der Waals surface area contributed by atoms with Crippen LogP contribution in [0.25, 0.3) is 0 Å². The summed E-state index contributed by atoms with van der Waals surface area (Å²) in [5, 5.41) is 0. The zero-order valence-electron chi connectivity index (χ0n) is 4.76. The van der Waals surface area contributed by atoms with Gasteiger partial charge in [-0.1, -0.05) is 18.8 Å². The van der Waals surface area contributed by atoms with Gasteiger partial charge in [0.15, 0.2) is 0 Å². The van der Waals surface area contributed by atoms with Crippen molar-refractivity contribution in [3.8, 4) is 0 Å². The fraction of sp³-hybridized carbons (Fsp3) is 0.167. The van der Waals surface area contributed by atoms with E-state index >= 15 is 0 Å². The van der Waals surface area contributed by atoms with Crippen molar-refractivity contribution < 1.29 is 32.7 Å². The Morgan fingerprint density at radius 2 is 2.38 bits per heavy atom. The van der Waals surface area contributed by atoms with E-state index in [4.69, 9.17) is 0 Å². The van der Waals surface area contributed by atoms with E-state index in [2.05, 4.69) is 11.1 Å². The van der Waals surface area contributed by atoms with E-state index in [1.165, 1.54) is 0 Å². The molecule has 0 amide bonds. The van der Waals surface area contributed by atoms with Crippen molar-refractivity contribution in [2.75, 3.05) is 0 Å². The van der Waals surface area contributed by atoms with Crippen LogP contribution in [-0.2, 0) is 32.7 Å². The fourth-order valence-electron chi connectivity index (χ4n) is 0.404. The number of aromatic nitrogens is 1. The van der Waals surface area contributed by atoms with Gasteiger partial charge in [-0.2, -0.15) is 18.2 Å². The molecule has 0 aliphatic carbocycles. The number of rotatable bonds is 0. The molecule has 1 rings (SSSR count). The molecule has 8 heavy (non-hydrogen) atoms. The Morgan fingerprint density at radius 3 is 2.62 bits per heavy atom. The molecule has 0 N–H and O–H groups in total. The van der Waals surface area contributed by atoms with E-state index in [1.807, 2.05) is 13.0 Å². The van der Waals surface area contributed by atoms with Gasteiger partial charge in [0.1, 0.15) is 0 Å². The average Bonchev–Trinajstić information content (AvgIpc) is 1.69. The minimum atomic E-state index is 0. The van der Waals surface area contributed by atoms with Crippen LogP contribution in [0, 0.1) is 13.0 Å². The molecule has 1 heterocycles. The van der Waals surface area contributed by atoms with E-state index in [0.29, 0.717) is 0 Å². The van der Waals surface area contributed by atoms with Crippen molar-refractivity contribution in [1.82, 2.24) is 4.98 Å². The molecule has 0 saturated heterocycles. The number of hydrogen-bond acceptors (Lipinski definition) is 1. The molecule has 39 valence electrons. The van der Waals surface area contributed by atoms with Gasteiger partial charge in [0.2, 0.25) is 0 Å². The Morgan fingerprint density at radius 1 is 1.62 bits per heavy atom. The second kappa shape index (κ2) is 4.16. The molecule has 0 spiro atoms. The van der Waals surface area contributed by atoms with Crippen LogP contribution in [0.1, 0.15) is 5.69 Å². The minimum absolute atomic E-state index is 0. The van der Waals surface area contributed by atoms with Crippen LogP contribution in [-0.4, -0.2) is 4.98 Å². The third-order valence-electron chi connectivity index (χ3n) is 0.741. The summed E-state index contributed by atoms with van der Waals surface area (Å²) >= 11 is 0. The largest absolute Gasteiger partial charge is 0.388 e. The molecule has 2 heteroatoms. The number of hydrogen-bond donors (Lipinski definition) is 0. The van der Waals surface area contributed by atoms with Gasteiger partial charge in [-0.25, -0.2) is 0 Å². The first-order valence-electron chi connectivity index (χ1n) is 2.18. The second-order valence-electron chi connectivity index (χ2n) is 1.40. The van der Waals surface area contributed by atoms with Crippen LogP contribution in [0.4, 0.5) is 0 Å². The molecule has 1 aromatic heterocycles. The van der Waals surface area contributed by atoms with Crippen molar-refractivity contribution in [1.29, 1.82) is 0 Å². The van der Waals surface area contributed by atoms with Crippen LogP contribution in [0.5, 0.6) is 0 Å². The van der Waals surface area contributed by atoms with Crippen LogP contribution in [0.15, 0.2) is 18.3 Å². The van der Waals surface area contributed by atoms with Gasteiger partial charge in [-0.15, -0.1) is 0 Å². The minimum Gasteiger partial charge on any atom is -0.388 e. The van der Waals surface area contributed by atoms with Crippen LogP contribution < -0.4 is 0 Å². The topological polar surface area (TPSA) is 12.9 Å². The first kappa shape index (κ1) is 8.25. The van der Waals surface area contributed by atoms with Gasteiger partial charge in [-0.05, 0) is 0 Å². The van der Waals surface area contributed by atoms with Gasteiger partial charge < -0.3 is 4.98 Å². The molecule has 1 aromatic rings.